The number of benzene rings is 1. The number of nitrogens with zero attached hydrogens (tertiary/aromatic N) is 2. The highest BCUT2D eigenvalue weighted by molar-refractivity contribution is 7.89. The van der Waals surface area contributed by atoms with Gasteiger partial charge in [0.2, 0.25) is 21.8 Å². The summed E-state index contributed by atoms with van der Waals surface area (Å²) in [6.07, 6.45) is 0.156. The summed E-state index contributed by atoms with van der Waals surface area (Å²) < 4.78 is 37.0. The number of hydrogen-bond donors (Lipinski definition) is 1. The number of hydrogen-bond acceptors (Lipinski definition) is 6. The molecule has 0 radical (unpaired) electrons. The van der Waals surface area contributed by atoms with Crippen LogP contribution in [0.25, 0.3) is 0 Å². The molecule has 2 heterocycles. The van der Waals surface area contributed by atoms with E-state index >= 15 is 0 Å². The minimum Gasteiger partial charge on any atom is -0.383 e. The lowest BCUT2D eigenvalue weighted by Gasteiger charge is -2.26. The third kappa shape index (κ3) is 4.95. The third-order valence-corrected chi connectivity index (χ3v) is 7.11. The van der Waals surface area contributed by atoms with Crippen LogP contribution in [0, 0.1) is 5.92 Å². The number of carbonyl (C=O) groups excluding carboxylic acids is 2. The minimum absolute atomic E-state index is 0.0679. The Morgan fingerprint density at radius 1 is 1.28 bits per heavy atom. The molecule has 1 N–H and O–H groups in total. The van der Waals surface area contributed by atoms with E-state index in [4.69, 9.17) is 9.47 Å². The molecule has 9 nitrogen and oxygen atoms in total. The molecule has 10 heteroatoms. The number of carbonyl (C=O) groups is 2. The summed E-state index contributed by atoms with van der Waals surface area (Å²) in [7, 11) is -2.00. The van der Waals surface area contributed by atoms with E-state index in [1.165, 1.54) is 16.4 Å². The molecule has 0 unspecified atom stereocenters. The summed E-state index contributed by atoms with van der Waals surface area (Å²) in [5.74, 6) is -0.769. The predicted octanol–water partition coefficient (Wildman–Crippen LogP) is 0.529. The second-order valence-corrected chi connectivity index (χ2v) is 9.22. The monoisotopic (exact) mass is 425 g/mol. The van der Waals surface area contributed by atoms with Crippen LogP contribution in [-0.4, -0.2) is 82.0 Å². The van der Waals surface area contributed by atoms with E-state index in [0.29, 0.717) is 45.1 Å². The number of methoxy groups -OCH3 is 1. The van der Waals surface area contributed by atoms with Crippen molar-refractivity contribution in [1.29, 1.82) is 0 Å². The topological polar surface area (TPSA) is 105 Å². The molecule has 2 saturated heterocycles. The Bertz CT molecular complexity index is 836. The van der Waals surface area contributed by atoms with Crippen molar-refractivity contribution < 1.29 is 27.5 Å². The number of anilines is 1. The van der Waals surface area contributed by atoms with Crippen LogP contribution in [0.2, 0.25) is 0 Å². The first kappa shape index (κ1) is 21.7. The van der Waals surface area contributed by atoms with Crippen LogP contribution in [0.1, 0.15) is 13.3 Å². The molecule has 2 amide bonds. The predicted molar refractivity (Wildman–Crippen MR) is 106 cm³/mol. The highest BCUT2D eigenvalue weighted by Crippen LogP contribution is 2.23. The second kappa shape index (κ2) is 9.21. The zero-order valence-corrected chi connectivity index (χ0v) is 17.5. The average Bonchev–Trinajstić information content (AvgIpc) is 3.11. The van der Waals surface area contributed by atoms with E-state index in [1.54, 1.807) is 24.1 Å². The molecule has 1 aromatic carbocycles. The van der Waals surface area contributed by atoms with Crippen LogP contribution in [0.15, 0.2) is 29.2 Å². The highest BCUT2D eigenvalue weighted by Gasteiger charge is 2.36. The van der Waals surface area contributed by atoms with Gasteiger partial charge in [-0.05, 0) is 31.2 Å². The Labute approximate surface area is 171 Å². The van der Waals surface area contributed by atoms with E-state index in [2.05, 4.69) is 5.32 Å². The van der Waals surface area contributed by atoms with Crippen LogP contribution < -0.4 is 5.32 Å². The van der Waals surface area contributed by atoms with Crippen LogP contribution in [0.5, 0.6) is 0 Å². The first-order valence-corrected chi connectivity index (χ1v) is 11.0. The average molecular weight is 426 g/mol. The molecule has 3 rings (SSSR count). The highest BCUT2D eigenvalue weighted by atomic mass is 32.2. The first-order chi connectivity index (χ1) is 13.8. The van der Waals surface area contributed by atoms with Crippen molar-refractivity contribution in [2.45, 2.75) is 24.3 Å². The van der Waals surface area contributed by atoms with Gasteiger partial charge in [-0.15, -0.1) is 0 Å². The molecule has 2 aliphatic heterocycles. The van der Waals surface area contributed by atoms with Gasteiger partial charge in [-0.3, -0.25) is 9.59 Å². The van der Waals surface area contributed by atoms with E-state index in [1.807, 2.05) is 6.92 Å². The van der Waals surface area contributed by atoms with Gasteiger partial charge in [0.05, 0.1) is 36.7 Å². The molecular formula is C19H27N3O6S. The van der Waals surface area contributed by atoms with Gasteiger partial charge in [0.1, 0.15) is 0 Å². The van der Waals surface area contributed by atoms with E-state index in [-0.39, 0.29) is 29.2 Å². The SMILES string of the molecule is COC[C@@H](C)N1C[C@H](C(=O)Nc2ccc(S(=O)(=O)N3CCOCC3)cc2)CC1=O. The Morgan fingerprint density at radius 3 is 2.55 bits per heavy atom. The van der Waals surface area contributed by atoms with Crippen LogP contribution >= 0.6 is 0 Å². The van der Waals surface area contributed by atoms with Gasteiger partial charge in [-0.1, -0.05) is 0 Å². The van der Waals surface area contributed by atoms with E-state index < -0.39 is 15.9 Å². The number of morpholine rings is 1. The van der Waals surface area contributed by atoms with Crippen LogP contribution in [-0.2, 0) is 29.1 Å². The smallest absolute Gasteiger partial charge is 0.243 e. The maximum atomic E-state index is 12.6. The van der Waals surface area contributed by atoms with E-state index in [9.17, 15) is 18.0 Å². The molecular weight excluding hydrogens is 398 g/mol. The Kier molecular flexibility index (Phi) is 6.89. The molecule has 0 aromatic heterocycles. The largest absolute Gasteiger partial charge is 0.383 e. The van der Waals surface area contributed by atoms with Crippen molar-refractivity contribution in [2.75, 3.05) is 51.9 Å². The van der Waals surface area contributed by atoms with Crippen molar-refractivity contribution >= 4 is 27.5 Å². The number of amides is 2. The first-order valence-electron chi connectivity index (χ1n) is 9.60. The molecule has 160 valence electrons. The summed E-state index contributed by atoms with van der Waals surface area (Å²) >= 11 is 0. The van der Waals surface area contributed by atoms with Crippen molar-refractivity contribution in [3.63, 3.8) is 0 Å². The summed E-state index contributed by atoms with van der Waals surface area (Å²) in [5, 5.41) is 2.78. The quantitative estimate of drug-likeness (QED) is 0.683. The molecule has 29 heavy (non-hydrogen) atoms. The zero-order valence-electron chi connectivity index (χ0n) is 16.7. The number of ether oxygens (including phenoxy) is 2. The zero-order chi connectivity index (χ0) is 21.0. The lowest BCUT2D eigenvalue weighted by Crippen LogP contribution is -2.40. The van der Waals surface area contributed by atoms with Crippen LogP contribution in [0.4, 0.5) is 5.69 Å². The van der Waals surface area contributed by atoms with Gasteiger partial charge in [-0.25, -0.2) is 8.42 Å². The number of nitrogens with one attached hydrogen (secondary N) is 1. The normalized spacial score (nSPS) is 21.9. The minimum atomic E-state index is -3.58. The summed E-state index contributed by atoms with van der Waals surface area (Å²) in [5.41, 5.74) is 0.492. The van der Waals surface area contributed by atoms with Gasteiger partial charge >= 0.3 is 0 Å². The van der Waals surface area contributed by atoms with Crippen LogP contribution in [0.3, 0.4) is 0 Å². The van der Waals surface area contributed by atoms with Crippen molar-refractivity contribution in [3.05, 3.63) is 24.3 Å². The molecule has 2 atom stereocenters. The molecule has 0 bridgehead atoms. The summed E-state index contributed by atoms with van der Waals surface area (Å²) in [6, 6.07) is 6.00. The molecule has 1 aromatic rings. The molecule has 2 fully saturated rings. The number of rotatable bonds is 7. The fraction of sp³-hybridized carbons (Fsp3) is 0.579. The van der Waals surface area contributed by atoms with Gasteiger partial charge < -0.3 is 19.7 Å². The number of sulfonamides is 1. The standard InChI is InChI=1S/C19H27N3O6S/c1-14(13-27-2)22-12-15(11-18(22)23)19(24)20-16-3-5-17(6-4-16)29(25,26)21-7-9-28-10-8-21/h3-6,14-15H,7-13H2,1-2H3,(H,20,24)/t14-,15-/m1/s1. The van der Waals surface area contributed by atoms with Gasteiger partial charge in [-0.2, -0.15) is 4.31 Å². The molecule has 0 spiro atoms. The third-order valence-electron chi connectivity index (χ3n) is 5.20. The fourth-order valence-electron chi connectivity index (χ4n) is 3.55. The van der Waals surface area contributed by atoms with E-state index in [0.717, 1.165) is 0 Å². The summed E-state index contributed by atoms with van der Waals surface area (Å²) in [4.78, 5) is 26.6. The summed E-state index contributed by atoms with van der Waals surface area (Å²) in [6.45, 7) is 4.07. The molecule has 0 aliphatic carbocycles. The Hall–Kier alpha value is -2.01. The second-order valence-electron chi connectivity index (χ2n) is 7.28. The van der Waals surface area contributed by atoms with Crippen molar-refractivity contribution in [2.24, 2.45) is 5.92 Å². The number of likely N-dealkylation sites (tertiary alicyclic amines) is 1. The maximum absolute atomic E-state index is 12.6. The van der Waals surface area contributed by atoms with Crippen molar-refractivity contribution in [1.82, 2.24) is 9.21 Å². The molecule has 0 saturated carbocycles. The Morgan fingerprint density at radius 2 is 1.93 bits per heavy atom. The van der Waals surface area contributed by atoms with Gasteiger partial charge in [0.25, 0.3) is 0 Å². The lowest BCUT2D eigenvalue weighted by molar-refractivity contribution is -0.130. The van der Waals surface area contributed by atoms with Crippen molar-refractivity contribution in [3.8, 4) is 0 Å². The molecule has 2 aliphatic rings. The Balaban J connectivity index is 1.61. The fourth-order valence-corrected chi connectivity index (χ4v) is 4.96. The maximum Gasteiger partial charge on any atom is 0.243 e. The van der Waals surface area contributed by atoms with Gasteiger partial charge in [0, 0.05) is 38.9 Å². The lowest BCUT2D eigenvalue weighted by atomic mass is 10.1. The van der Waals surface area contributed by atoms with Gasteiger partial charge in [0.15, 0.2) is 0 Å².